The lowest BCUT2D eigenvalue weighted by molar-refractivity contribution is -0.142. The molecule has 1 aliphatic carbocycles. The third-order valence-corrected chi connectivity index (χ3v) is 4.25. The van der Waals surface area contributed by atoms with Gasteiger partial charge in [0.05, 0.1) is 0 Å². The highest BCUT2D eigenvalue weighted by molar-refractivity contribution is 5.67. The molecular weight excluding hydrogens is 272 g/mol. The summed E-state index contributed by atoms with van der Waals surface area (Å²) in [4.78, 5) is 14.7. The van der Waals surface area contributed by atoms with Crippen LogP contribution in [-0.2, 0) is 16.1 Å². The first-order chi connectivity index (χ1) is 9.86. The first-order valence-corrected chi connectivity index (χ1v) is 7.48. The van der Waals surface area contributed by atoms with Gasteiger partial charge in [0.25, 0.3) is 5.89 Å². The Morgan fingerprint density at radius 3 is 2.57 bits per heavy atom. The zero-order chi connectivity index (χ0) is 15.5. The average Bonchev–Trinajstić information content (AvgIpc) is 2.86. The van der Waals surface area contributed by atoms with Crippen LogP contribution >= 0.6 is 0 Å². The fourth-order valence-corrected chi connectivity index (χ4v) is 2.94. The number of rotatable bonds is 5. The molecule has 1 aromatic rings. The molecule has 2 rings (SSSR count). The Bertz CT molecular complexity index is 470. The summed E-state index contributed by atoms with van der Waals surface area (Å²) < 4.78 is 10.1. The van der Waals surface area contributed by atoms with Gasteiger partial charge in [-0.25, -0.2) is 4.79 Å². The van der Waals surface area contributed by atoms with Crippen LogP contribution in [0.4, 0.5) is 0 Å². The Labute approximate surface area is 124 Å². The van der Waals surface area contributed by atoms with Crippen LogP contribution in [0.3, 0.4) is 0 Å². The summed E-state index contributed by atoms with van der Waals surface area (Å²) in [5, 5.41) is 12.5. The van der Waals surface area contributed by atoms with E-state index in [2.05, 4.69) is 30.9 Å². The van der Waals surface area contributed by atoms with E-state index in [1.165, 1.54) is 12.8 Å². The maximum atomic E-state index is 10.4. The topological polar surface area (TPSA) is 85.5 Å². The van der Waals surface area contributed by atoms with Gasteiger partial charge < -0.3 is 14.4 Å². The van der Waals surface area contributed by atoms with Crippen molar-refractivity contribution in [3.8, 4) is 0 Å². The number of carbonyl (C=O) groups is 1. The Hall–Kier alpha value is -1.43. The number of aromatic nitrogens is 2. The predicted molar refractivity (Wildman–Crippen MR) is 75.7 cm³/mol. The van der Waals surface area contributed by atoms with Gasteiger partial charge in [0.1, 0.15) is 13.2 Å². The number of carboxylic acids is 1. The highest BCUT2D eigenvalue weighted by atomic mass is 16.5. The van der Waals surface area contributed by atoms with E-state index in [1.807, 2.05) is 0 Å². The SMILES string of the molecule is CC(C)(C)C1CCC(c2noc(COCC(=O)O)n2)CC1. The maximum Gasteiger partial charge on any atom is 0.329 e. The fourth-order valence-electron chi connectivity index (χ4n) is 2.94. The molecule has 0 amide bonds. The maximum absolute atomic E-state index is 10.4. The predicted octanol–water partition coefficient (Wildman–Crippen LogP) is 2.99. The summed E-state index contributed by atoms with van der Waals surface area (Å²) in [5.41, 5.74) is 0.359. The number of nitrogens with zero attached hydrogens (tertiary/aromatic N) is 2. The Morgan fingerprint density at radius 1 is 1.33 bits per heavy atom. The van der Waals surface area contributed by atoms with Crippen molar-refractivity contribution in [2.24, 2.45) is 11.3 Å². The lowest BCUT2D eigenvalue weighted by Gasteiger charge is -2.36. The highest BCUT2D eigenvalue weighted by Gasteiger charge is 2.31. The minimum atomic E-state index is -1.00. The van der Waals surface area contributed by atoms with Gasteiger partial charge in [-0.05, 0) is 37.0 Å². The van der Waals surface area contributed by atoms with Gasteiger partial charge in [-0.15, -0.1) is 0 Å². The van der Waals surface area contributed by atoms with E-state index >= 15 is 0 Å². The van der Waals surface area contributed by atoms with Gasteiger partial charge in [0, 0.05) is 5.92 Å². The van der Waals surface area contributed by atoms with Gasteiger partial charge >= 0.3 is 5.97 Å². The summed E-state index contributed by atoms with van der Waals surface area (Å²) in [6.45, 7) is 6.59. The molecule has 0 bridgehead atoms. The molecule has 6 nitrogen and oxygen atoms in total. The molecule has 6 heteroatoms. The smallest absolute Gasteiger partial charge is 0.329 e. The van der Waals surface area contributed by atoms with Crippen molar-refractivity contribution >= 4 is 5.97 Å². The van der Waals surface area contributed by atoms with Gasteiger partial charge in [-0.1, -0.05) is 25.9 Å². The minimum Gasteiger partial charge on any atom is -0.480 e. The standard InChI is InChI=1S/C15H24N2O4/c1-15(2,3)11-6-4-10(5-7-11)14-16-12(21-17-14)8-20-9-13(18)19/h10-11H,4-9H2,1-3H3,(H,18,19). The van der Waals surface area contributed by atoms with Crippen LogP contribution in [-0.4, -0.2) is 27.8 Å². The third-order valence-electron chi connectivity index (χ3n) is 4.25. The van der Waals surface area contributed by atoms with Crippen LogP contribution in [0.1, 0.15) is 64.1 Å². The van der Waals surface area contributed by atoms with E-state index in [0.717, 1.165) is 24.6 Å². The van der Waals surface area contributed by atoms with Gasteiger partial charge in [0.2, 0.25) is 0 Å². The third kappa shape index (κ3) is 4.52. The number of ether oxygens (including phenoxy) is 1. The van der Waals surface area contributed by atoms with Crippen LogP contribution in [0.25, 0.3) is 0 Å². The van der Waals surface area contributed by atoms with Gasteiger partial charge in [-0.2, -0.15) is 4.98 Å². The highest BCUT2D eigenvalue weighted by Crippen LogP contribution is 2.42. The molecule has 21 heavy (non-hydrogen) atoms. The molecule has 0 radical (unpaired) electrons. The van der Waals surface area contributed by atoms with E-state index in [9.17, 15) is 4.79 Å². The molecule has 1 aromatic heterocycles. The number of hydrogen-bond acceptors (Lipinski definition) is 5. The number of carboxylic acid groups (broad SMARTS) is 1. The van der Waals surface area contributed by atoms with E-state index in [4.69, 9.17) is 14.4 Å². The van der Waals surface area contributed by atoms with Crippen molar-refractivity contribution in [3.63, 3.8) is 0 Å². The summed E-state index contributed by atoms with van der Waals surface area (Å²) in [6.07, 6.45) is 4.54. The first-order valence-electron chi connectivity index (χ1n) is 7.48. The van der Waals surface area contributed by atoms with E-state index < -0.39 is 5.97 Å². The fraction of sp³-hybridized carbons (Fsp3) is 0.800. The molecule has 1 fully saturated rings. The van der Waals surface area contributed by atoms with Crippen LogP contribution < -0.4 is 0 Å². The summed E-state index contributed by atoms with van der Waals surface area (Å²) in [5.74, 6) is 1.18. The molecule has 1 aliphatic rings. The largest absolute Gasteiger partial charge is 0.480 e. The Morgan fingerprint density at radius 2 is 2.00 bits per heavy atom. The first kappa shape index (κ1) is 15.9. The molecule has 1 N–H and O–H groups in total. The minimum absolute atomic E-state index is 0.0522. The molecule has 0 aromatic carbocycles. The van der Waals surface area contributed by atoms with Crippen LogP contribution in [0, 0.1) is 11.3 Å². The summed E-state index contributed by atoms with van der Waals surface area (Å²) in [7, 11) is 0. The second-order valence-electron chi connectivity index (χ2n) is 6.85. The van der Waals surface area contributed by atoms with Crippen LogP contribution in [0.2, 0.25) is 0 Å². The molecule has 0 atom stereocenters. The molecule has 118 valence electrons. The van der Waals surface area contributed by atoms with Gasteiger partial charge in [-0.3, -0.25) is 0 Å². The second-order valence-corrected chi connectivity index (χ2v) is 6.85. The van der Waals surface area contributed by atoms with Crippen molar-refractivity contribution in [1.82, 2.24) is 10.1 Å². The van der Waals surface area contributed by atoms with Crippen molar-refractivity contribution < 1.29 is 19.2 Å². The summed E-state index contributed by atoms with van der Waals surface area (Å²) >= 11 is 0. The normalized spacial score (nSPS) is 23.2. The van der Waals surface area contributed by atoms with Crippen LogP contribution in [0.5, 0.6) is 0 Å². The van der Waals surface area contributed by atoms with E-state index in [-0.39, 0.29) is 13.2 Å². The lowest BCUT2D eigenvalue weighted by atomic mass is 9.70. The molecular formula is C15H24N2O4. The zero-order valence-electron chi connectivity index (χ0n) is 13.0. The van der Waals surface area contributed by atoms with Crippen molar-refractivity contribution in [2.45, 2.75) is 59.0 Å². The van der Waals surface area contributed by atoms with E-state index in [1.54, 1.807) is 0 Å². The molecule has 0 spiro atoms. The quantitative estimate of drug-likeness (QED) is 0.899. The van der Waals surface area contributed by atoms with Crippen molar-refractivity contribution in [3.05, 3.63) is 11.7 Å². The lowest BCUT2D eigenvalue weighted by Crippen LogP contribution is -2.25. The van der Waals surface area contributed by atoms with Crippen LogP contribution in [0.15, 0.2) is 4.52 Å². The van der Waals surface area contributed by atoms with Gasteiger partial charge in [0.15, 0.2) is 5.82 Å². The molecule has 0 saturated heterocycles. The molecule has 1 saturated carbocycles. The molecule has 1 heterocycles. The molecule has 0 unspecified atom stereocenters. The number of hydrogen-bond donors (Lipinski definition) is 1. The van der Waals surface area contributed by atoms with Crippen molar-refractivity contribution in [2.75, 3.05) is 6.61 Å². The average molecular weight is 296 g/mol. The van der Waals surface area contributed by atoms with E-state index in [0.29, 0.717) is 17.2 Å². The number of aliphatic carboxylic acids is 1. The van der Waals surface area contributed by atoms with Crippen molar-refractivity contribution in [1.29, 1.82) is 0 Å². The zero-order valence-corrected chi connectivity index (χ0v) is 13.0. The second kappa shape index (κ2) is 6.56. The Balaban J connectivity index is 1.84. The monoisotopic (exact) mass is 296 g/mol. The molecule has 0 aliphatic heterocycles. The summed E-state index contributed by atoms with van der Waals surface area (Å²) in [6, 6.07) is 0. The Kier molecular flexibility index (Phi) is 4.98.